The highest BCUT2D eigenvalue weighted by Crippen LogP contribution is 2.32. The van der Waals surface area contributed by atoms with Crippen molar-refractivity contribution in [2.24, 2.45) is 7.05 Å². The first-order chi connectivity index (χ1) is 9.54. The summed E-state index contributed by atoms with van der Waals surface area (Å²) in [7, 11) is 1.94. The lowest BCUT2D eigenvalue weighted by Gasteiger charge is -2.09. The lowest BCUT2D eigenvalue weighted by molar-refractivity contribution is 0.747. The van der Waals surface area contributed by atoms with E-state index in [-0.39, 0.29) is 0 Å². The van der Waals surface area contributed by atoms with Crippen molar-refractivity contribution in [1.82, 2.24) is 19.3 Å². The minimum Gasteiger partial charge on any atom is -0.327 e. The number of aromatic nitrogens is 4. The van der Waals surface area contributed by atoms with Crippen LogP contribution in [0.25, 0.3) is 16.9 Å². The SMILES string of the molecule is CCc1nn(C)c2c1[nH]c(=S)n2-c1c(Br)cccc1Br. The third-order valence-electron chi connectivity index (χ3n) is 3.23. The molecule has 7 heteroatoms. The third kappa shape index (κ3) is 1.99. The summed E-state index contributed by atoms with van der Waals surface area (Å²) < 4.78 is 6.48. The van der Waals surface area contributed by atoms with E-state index in [1.54, 1.807) is 0 Å². The first-order valence-electron chi connectivity index (χ1n) is 6.15. The molecular weight excluding hydrogens is 404 g/mol. The van der Waals surface area contributed by atoms with E-state index in [0.29, 0.717) is 4.77 Å². The number of nitrogens with zero attached hydrogens (tertiary/aromatic N) is 3. The molecule has 4 nitrogen and oxygen atoms in total. The van der Waals surface area contributed by atoms with Gasteiger partial charge in [-0.15, -0.1) is 0 Å². The second kappa shape index (κ2) is 5.13. The molecular formula is C13H12Br2N4S. The molecule has 20 heavy (non-hydrogen) atoms. The summed E-state index contributed by atoms with van der Waals surface area (Å²) in [6.07, 6.45) is 0.865. The summed E-state index contributed by atoms with van der Waals surface area (Å²) in [5.41, 5.74) is 3.98. The van der Waals surface area contributed by atoms with Crippen LogP contribution in [-0.2, 0) is 13.5 Å². The third-order valence-corrected chi connectivity index (χ3v) is 4.80. The van der Waals surface area contributed by atoms with Gasteiger partial charge in [-0.25, -0.2) is 4.68 Å². The molecule has 3 aromatic rings. The van der Waals surface area contributed by atoms with E-state index < -0.39 is 0 Å². The molecule has 0 saturated heterocycles. The number of hydrogen-bond donors (Lipinski definition) is 1. The molecule has 0 spiro atoms. The predicted octanol–water partition coefficient (Wildman–Crippen LogP) is 4.51. The van der Waals surface area contributed by atoms with E-state index in [0.717, 1.165) is 37.9 Å². The van der Waals surface area contributed by atoms with Crippen molar-refractivity contribution in [3.05, 3.63) is 37.6 Å². The number of fused-ring (bicyclic) bond motifs is 1. The van der Waals surface area contributed by atoms with Crippen LogP contribution in [0.15, 0.2) is 27.1 Å². The standard InChI is InChI=1S/C13H12Br2N4S/c1-3-9-10-12(18(2)17-9)19(13(20)16-10)11-7(14)5-4-6-8(11)15/h4-6H,3H2,1-2H3,(H,16,20). The Morgan fingerprint density at radius 2 is 1.95 bits per heavy atom. The molecule has 0 bridgehead atoms. The van der Waals surface area contributed by atoms with Gasteiger partial charge in [-0.1, -0.05) is 13.0 Å². The number of aryl methyl sites for hydroxylation is 2. The summed E-state index contributed by atoms with van der Waals surface area (Å²) in [4.78, 5) is 3.27. The van der Waals surface area contributed by atoms with Gasteiger partial charge in [-0.05, 0) is 62.6 Å². The van der Waals surface area contributed by atoms with Crippen LogP contribution in [-0.4, -0.2) is 19.3 Å². The number of H-pyrrole nitrogens is 1. The fourth-order valence-corrected chi connectivity index (χ4v) is 4.00. The average Bonchev–Trinajstić information content (AvgIpc) is 2.88. The summed E-state index contributed by atoms with van der Waals surface area (Å²) in [6.45, 7) is 2.09. The zero-order chi connectivity index (χ0) is 14.4. The van der Waals surface area contributed by atoms with Gasteiger partial charge in [0.25, 0.3) is 0 Å². The van der Waals surface area contributed by atoms with Crippen LogP contribution in [0.3, 0.4) is 0 Å². The normalized spacial score (nSPS) is 11.4. The maximum atomic E-state index is 5.50. The van der Waals surface area contributed by atoms with Gasteiger partial charge in [0.1, 0.15) is 5.52 Å². The quantitative estimate of drug-likeness (QED) is 0.625. The maximum absolute atomic E-state index is 5.50. The second-order valence-electron chi connectivity index (χ2n) is 4.46. The molecule has 0 atom stereocenters. The number of hydrogen-bond acceptors (Lipinski definition) is 2. The average molecular weight is 416 g/mol. The molecule has 1 N–H and O–H groups in total. The van der Waals surface area contributed by atoms with Crippen molar-refractivity contribution in [1.29, 1.82) is 0 Å². The first-order valence-corrected chi connectivity index (χ1v) is 8.15. The van der Waals surface area contributed by atoms with Gasteiger partial charge in [-0.2, -0.15) is 5.10 Å². The van der Waals surface area contributed by atoms with Crippen molar-refractivity contribution >= 4 is 55.2 Å². The second-order valence-corrected chi connectivity index (χ2v) is 6.55. The lowest BCUT2D eigenvalue weighted by Crippen LogP contribution is -2.02. The molecule has 3 rings (SSSR count). The number of nitrogens with one attached hydrogen (secondary N) is 1. The predicted molar refractivity (Wildman–Crippen MR) is 90.0 cm³/mol. The van der Waals surface area contributed by atoms with Crippen LogP contribution in [0, 0.1) is 4.77 Å². The highest BCUT2D eigenvalue weighted by atomic mass is 79.9. The largest absolute Gasteiger partial charge is 0.327 e. The summed E-state index contributed by atoms with van der Waals surface area (Å²) >= 11 is 12.7. The van der Waals surface area contributed by atoms with Crippen LogP contribution in [0.1, 0.15) is 12.6 Å². The number of halogens is 2. The van der Waals surface area contributed by atoms with Crippen LogP contribution in [0.4, 0.5) is 0 Å². The number of rotatable bonds is 2. The highest BCUT2D eigenvalue weighted by molar-refractivity contribution is 9.11. The Bertz CT molecular complexity index is 839. The number of para-hydroxylation sites is 1. The van der Waals surface area contributed by atoms with E-state index in [1.807, 2.05) is 34.5 Å². The smallest absolute Gasteiger partial charge is 0.184 e. The topological polar surface area (TPSA) is 38.5 Å². The Morgan fingerprint density at radius 1 is 1.30 bits per heavy atom. The molecule has 0 aliphatic carbocycles. The molecule has 104 valence electrons. The summed E-state index contributed by atoms with van der Waals surface area (Å²) in [5, 5.41) is 4.54. The number of imidazole rings is 1. The molecule has 1 aromatic carbocycles. The number of aromatic amines is 1. The van der Waals surface area contributed by atoms with E-state index in [4.69, 9.17) is 12.2 Å². The first kappa shape index (κ1) is 14.0. The molecule has 0 fully saturated rings. The van der Waals surface area contributed by atoms with Crippen molar-refractivity contribution in [3.63, 3.8) is 0 Å². The van der Waals surface area contributed by atoms with Gasteiger partial charge in [0, 0.05) is 16.0 Å². The molecule has 0 aliphatic heterocycles. The van der Waals surface area contributed by atoms with Crippen LogP contribution in [0.5, 0.6) is 0 Å². The van der Waals surface area contributed by atoms with Gasteiger partial charge >= 0.3 is 0 Å². The Kier molecular flexibility index (Phi) is 3.60. The lowest BCUT2D eigenvalue weighted by atomic mass is 10.3. The van der Waals surface area contributed by atoms with E-state index in [9.17, 15) is 0 Å². The zero-order valence-electron chi connectivity index (χ0n) is 10.9. The summed E-state index contributed by atoms with van der Waals surface area (Å²) in [6, 6.07) is 5.97. The van der Waals surface area contributed by atoms with E-state index >= 15 is 0 Å². The number of benzene rings is 1. The van der Waals surface area contributed by atoms with Gasteiger partial charge < -0.3 is 4.98 Å². The van der Waals surface area contributed by atoms with Crippen LogP contribution < -0.4 is 0 Å². The van der Waals surface area contributed by atoms with E-state index in [2.05, 4.69) is 48.9 Å². The van der Waals surface area contributed by atoms with Crippen LogP contribution in [0.2, 0.25) is 0 Å². The van der Waals surface area contributed by atoms with Gasteiger partial charge in [0.05, 0.1) is 11.4 Å². The minimum atomic E-state index is 0.662. The molecule has 0 radical (unpaired) electrons. The monoisotopic (exact) mass is 414 g/mol. The molecule has 0 aliphatic rings. The Morgan fingerprint density at radius 3 is 2.55 bits per heavy atom. The summed E-state index contributed by atoms with van der Waals surface area (Å²) in [5.74, 6) is 0. The van der Waals surface area contributed by atoms with E-state index in [1.165, 1.54) is 0 Å². The molecule has 0 unspecified atom stereocenters. The Hall–Kier alpha value is -0.920. The molecule has 0 amide bonds. The highest BCUT2D eigenvalue weighted by Gasteiger charge is 2.18. The fourth-order valence-electron chi connectivity index (χ4n) is 2.37. The van der Waals surface area contributed by atoms with Gasteiger partial charge in [-0.3, -0.25) is 4.57 Å². The van der Waals surface area contributed by atoms with Gasteiger partial charge in [0.2, 0.25) is 0 Å². The maximum Gasteiger partial charge on any atom is 0.184 e. The van der Waals surface area contributed by atoms with Gasteiger partial charge in [0.15, 0.2) is 10.4 Å². The minimum absolute atomic E-state index is 0.662. The van der Waals surface area contributed by atoms with Crippen molar-refractivity contribution < 1.29 is 0 Å². The Labute approximate surface area is 138 Å². The fraction of sp³-hybridized carbons (Fsp3) is 0.231. The van der Waals surface area contributed by atoms with Crippen molar-refractivity contribution in [2.75, 3.05) is 0 Å². The Balaban J connectivity index is 2.46. The van der Waals surface area contributed by atoms with Crippen molar-refractivity contribution in [3.8, 4) is 5.69 Å². The molecule has 2 aromatic heterocycles. The molecule has 0 saturated carbocycles. The molecule has 2 heterocycles. The van der Waals surface area contributed by atoms with Crippen LogP contribution >= 0.6 is 44.1 Å². The zero-order valence-corrected chi connectivity index (χ0v) is 14.9. The van der Waals surface area contributed by atoms with Crippen molar-refractivity contribution in [2.45, 2.75) is 13.3 Å².